The van der Waals surface area contributed by atoms with Crippen LogP contribution in [0.5, 0.6) is 0 Å². The normalized spacial score (nSPS) is 22.5. The highest BCUT2D eigenvalue weighted by atomic mass is 16.2. The lowest BCUT2D eigenvalue weighted by atomic mass is 10.2. The summed E-state index contributed by atoms with van der Waals surface area (Å²) in [4.78, 5) is 22.4. The molecule has 0 aliphatic heterocycles. The summed E-state index contributed by atoms with van der Waals surface area (Å²) in [6.45, 7) is 0.502. The Hall–Kier alpha value is -1.84. The number of hydrogen-bond donors (Lipinski definition) is 2. The number of carbonyl (C=O) groups is 2. The maximum absolute atomic E-state index is 11.6. The van der Waals surface area contributed by atoms with E-state index in [0.29, 0.717) is 13.0 Å². The van der Waals surface area contributed by atoms with Crippen molar-refractivity contribution in [3.8, 4) is 0 Å². The molecule has 1 aliphatic rings. The van der Waals surface area contributed by atoms with Crippen molar-refractivity contribution in [2.24, 2.45) is 17.6 Å². The molecule has 1 saturated carbocycles. The number of nitrogens with one attached hydrogen (secondary N) is 1. The largest absolute Gasteiger partial charge is 0.369 e. The van der Waals surface area contributed by atoms with Crippen LogP contribution < -0.4 is 11.1 Å². The first-order valence-corrected chi connectivity index (χ1v) is 5.29. The van der Waals surface area contributed by atoms with E-state index in [1.165, 1.54) is 0 Å². The molecule has 1 fully saturated rings. The van der Waals surface area contributed by atoms with E-state index in [-0.39, 0.29) is 23.7 Å². The van der Waals surface area contributed by atoms with Gasteiger partial charge < -0.3 is 11.1 Å². The second-order valence-electron chi connectivity index (χ2n) is 4.05. The molecule has 0 spiro atoms. The number of primary amides is 1. The number of carbonyl (C=O) groups excluding carboxylic acids is 2. The minimum atomic E-state index is -0.375. The number of hydrogen-bond acceptors (Lipinski definition) is 2. The Morgan fingerprint density at radius 1 is 1.25 bits per heavy atom. The maximum atomic E-state index is 11.6. The molecule has 1 aliphatic carbocycles. The number of nitrogens with two attached hydrogens (primary N) is 1. The fourth-order valence-electron chi connectivity index (χ4n) is 1.72. The Labute approximate surface area is 93.8 Å². The average Bonchev–Trinajstić information content (AvgIpc) is 3.07. The molecular weight excluding hydrogens is 204 g/mol. The van der Waals surface area contributed by atoms with E-state index in [0.717, 1.165) is 5.56 Å². The minimum absolute atomic E-state index is 0.0762. The van der Waals surface area contributed by atoms with Crippen molar-refractivity contribution in [3.63, 3.8) is 0 Å². The lowest BCUT2D eigenvalue weighted by molar-refractivity contribution is -0.126. The smallest absolute Gasteiger partial charge is 0.224 e. The van der Waals surface area contributed by atoms with E-state index in [4.69, 9.17) is 5.73 Å². The Balaban J connectivity index is 1.80. The molecule has 0 radical (unpaired) electrons. The summed E-state index contributed by atoms with van der Waals surface area (Å²) in [5.74, 6) is -0.913. The molecule has 0 bridgehead atoms. The predicted molar refractivity (Wildman–Crippen MR) is 59.1 cm³/mol. The van der Waals surface area contributed by atoms with E-state index in [1.54, 1.807) is 0 Å². The van der Waals surface area contributed by atoms with Crippen molar-refractivity contribution in [2.75, 3.05) is 0 Å². The second-order valence-corrected chi connectivity index (χ2v) is 4.05. The van der Waals surface area contributed by atoms with Crippen LogP contribution in [0, 0.1) is 11.8 Å². The van der Waals surface area contributed by atoms with Gasteiger partial charge in [0.15, 0.2) is 0 Å². The Morgan fingerprint density at radius 3 is 2.50 bits per heavy atom. The Bertz CT molecular complexity index is 403. The van der Waals surface area contributed by atoms with Crippen molar-refractivity contribution in [2.45, 2.75) is 13.0 Å². The predicted octanol–water partition coefficient (Wildman–Crippen LogP) is 0.424. The first kappa shape index (κ1) is 10.7. The molecular formula is C12H14N2O2. The summed E-state index contributed by atoms with van der Waals surface area (Å²) < 4.78 is 0. The molecule has 16 heavy (non-hydrogen) atoms. The third kappa shape index (κ3) is 2.39. The molecule has 0 saturated heterocycles. The first-order chi connectivity index (χ1) is 7.68. The van der Waals surface area contributed by atoms with Crippen molar-refractivity contribution in [3.05, 3.63) is 35.9 Å². The van der Waals surface area contributed by atoms with Crippen LogP contribution in [0.1, 0.15) is 12.0 Å². The zero-order valence-corrected chi connectivity index (χ0v) is 8.85. The average molecular weight is 218 g/mol. The zero-order valence-electron chi connectivity index (χ0n) is 8.85. The standard InChI is InChI=1S/C12H14N2O2/c13-11(15)9-6-10(9)12(16)14-7-8-4-2-1-3-5-8/h1-5,9-10H,6-7H2,(H2,13,15)(H,14,16)/t9-,10-/m1/s1. The van der Waals surface area contributed by atoms with Gasteiger partial charge in [-0.2, -0.15) is 0 Å². The number of amides is 2. The van der Waals surface area contributed by atoms with Gasteiger partial charge in [0.25, 0.3) is 0 Å². The van der Waals surface area contributed by atoms with Crippen molar-refractivity contribution >= 4 is 11.8 Å². The lowest BCUT2D eigenvalue weighted by Crippen LogP contribution is -2.27. The quantitative estimate of drug-likeness (QED) is 0.769. The first-order valence-electron chi connectivity index (χ1n) is 5.29. The van der Waals surface area contributed by atoms with Gasteiger partial charge >= 0.3 is 0 Å². The highest BCUT2D eigenvalue weighted by Gasteiger charge is 2.46. The van der Waals surface area contributed by atoms with Crippen LogP contribution >= 0.6 is 0 Å². The molecule has 1 aromatic carbocycles. The molecule has 1 aromatic rings. The van der Waals surface area contributed by atoms with Gasteiger partial charge in [0, 0.05) is 6.54 Å². The molecule has 0 aromatic heterocycles. The summed E-state index contributed by atoms with van der Waals surface area (Å²) in [6, 6.07) is 9.66. The van der Waals surface area contributed by atoms with E-state index in [9.17, 15) is 9.59 Å². The summed E-state index contributed by atoms with van der Waals surface area (Å²) in [5, 5.41) is 2.80. The minimum Gasteiger partial charge on any atom is -0.369 e. The molecule has 0 heterocycles. The van der Waals surface area contributed by atoms with Crippen molar-refractivity contribution in [1.29, 1.82) is 0 Å². The fourth-order valence-corrected chi connectivity index (χ4v) is 1.72. The van der Waals surface area contributed by atoms with Crippen LogP contribution in [0.15, 0.2) is 30.3 Å². The molecule has 2 atom stereocenters. The van der Waals surface area contributed by atoms with E-state index >= 15 is 0 Å². The number of benzene rings is 1. The van der Waals surface area contributed by atoms with E-state index in [2.05, 4.69) is 5.32 Å². The maximum Gasteiger partial charge on any atom is 0.224 e. The van der Waals surface area contributed by atoms with Crippen LogP contribution in [0.2, 0.25) is 0 Å². The van der Waals surface area contributed by atoms with Gasteiger partial charge in [-0.1, -0.05) is 30.3 Å². The summed E-state index contributed by atoms with van der Waals surface area (Å²) in [7, 11) is 0. The van der Waals surface area contributed by atoms with Gasteiger partial charge in [-0.15, -0.1) is 0 Å². The molecule has 2 rings (SSSR count). The SMILES string of the molecule is NC(=O)[C@@H]1C[C@H]1C(=O)NCc1ccccc1. The van der Waals surface area contributed by atoms with Crippen LogP contribution in [0.4, 0.5) is 0 Å². The highest BCUT2D eigenvalue weighted by molar-refractivity contribution is 5.91. The van der Waals surface area contributed by atoms with Crippen molar-refractivity contribution < 1.29 is 9.59 Å². The van der Waals surface area contributed by atoms with Crippen LogP contribution in [0.25, 0.3) is 0 Å². The highest BCUT2D eigenvalue weighted by Crippen LogP contribution is 2.38. The van der Waals surface area contributed by atoms with Gasteiger partial charge in [-0.25, -0.2) is 0 Å². The zero-order chi connectivity index (χ0) is 11.5. The van der Waals surface area contributed by atoms with Gasteiger partial charge in [0.05, 0.1) is 11.8 Å². The van der Waals surface area contributed by atoms with Gasteiger partial charge in [0.1, 0.15) is 0 Å². The Kier molecular flexibility index (Phi) is 2.90. The lowest BCUT2D eigenvalue weighted by Gasteiger charge is -2.04. The molecule has 0 unspecified atom stereocenters. The topological polar surface area (TPSA) is 72.2 Å². The summed E-state index contributed by atoms with van der Waals surface area (Å²) in [5.41, 5.74) is 6.16. The second kappa shape index (κ2) is 4.35. The van der Waals surface area contributed by atoms with E-state index in [1.807, 2.05) is 30.3 Å². The molecule has 84 valence electrons. The van der Waals surface area contributed by atoms with Crippen LogP contribution in [-0.4, -0.2) is 11.8 Å². The third-order valence-electron chi connectivity index (χ3n) is 2.80. The van der Waals surface area contributed by atoms with Gasteiger partial charge in [-0.3, -0.25) is 9.59 Å². The monoisotopic (exact) mass is 218 g/mol. The molecule has 2 amide bonds. The molecule has 3 N–H and O–H groups in total. The van der Waals surface area contributed by atoms with Crippen LogP contribution in [0.3, 0.4) is 0 Å². The van der Waals surface area contributed by atoms with Crippen molar-refractivity contribution in [1.82, 2.24) is 5.32 Å². The Morgan fingerprint density at radius 2 is 1.94 bits per heavy atom. The molecule has 4 nitrogen and oxygen atoms in total. The molecule has 4 heteroatoms. The van der Waals surface area contributed by atoms with Gasteiger partial charge in [-0.05, 0) is 12.0 Å². The fraction of sp³-hybridized carbons (Fsp3) is 0.333. The summed E-state index contributed by atoms with van der Waals surface area (Å²) >= 11 is 0. The van der Waals surface area contributed by atoms with E-state index < -0.39 is 0 Å². The van der Waals surface area contributed by atoms with Gasteiger partial charge in [0.2, 0.25) is 11.8 Å². The summed E-state index contributed by atoms with van der Waals surface area (Å²) in [6.07, 6.45) is 0.593. The number of rotatable bonds is 4. The third-order valence-corrected chi connectivity index (χ3v) is 2.80. The van der Waals surface area contributed by atoms with Crippen LogP contribution in [-0.2, 0) is 16.1 Å².